The molecule has 0 bridgehead atoms. The number of nitrogens with zero attached hydrogens (tertiary/aromatic N) is 2. The van der Waals surface area contributed by atoms with Gasteiger partial charge in [0.05, 0.1) is 16.8 Å². The van der Waals surface area contributed by atoms with E-state index in [1.807, 2.05) is 48.5 Å². The summed E-state index contributed by atoms with van der Waals surface area (Å²) in [4.78, 5) is 30.2. The van der Waals surface area contributed by atoms with E-state index in [1.165, 1.54) is 0 Å². The van der Waals surface area contributed by atoms with Gasteiger partial charge < -0.3 is 15.4 Å². The summed E-state index contributed by atoms with van der Waals surface area (Å²) in [6, 6.07) is 4.27. The average molecular weight is 444 g/mol. The second kappa shape index (κ2) is 6.17. The molecule has 0 radical (unpaired) electrons. The molecule has 3 aliphatic heterocycles. The van der Waals surface area contributed by atoms with Crippen molar-refractivity contribution in [1.82, 2.24) is 0 Å². The first-order valence-corrected chi connectivity index (χ1v) is 11.3. The lowest BCUT2D eigenvalue weighted by Gasteiger charge is -2.43. The summed E-state index contributed by atoms with van der Waals surface area (Å²) in [6.45, 7) is 14.0. The van der Waals surface area contributed by atoms with Gasteiger partial charge in [-0.3, -0.25) is 9.59 Å². The number of Topliss-reactive ketones (excluding diaryl/α,β-unsaturated/α-hetero) is 1. The molecule has 170 valence electrons. The molecule has 1 aliphatic carbocycles. The minimum atomic E-state index is -1.59. The second-order valence-corrected chi connectivity index (χ2v) is 11.2. The number of ether oxygens (including phenoxy) is 1. The van der Waals surface area contributed by atoms with Gasteiger partial charge in [-0.2, -0.15) is 5.26 Å². The summed E-state index contributed by atoms with van der Waals surface area (Å²) in [5, 5.41) is 10.3. The highest BCUT2D eigenvalue weighted by Crippen LogP contribution is 2.62. The monoisotopic (exact) mass is 443 g/mol. The maximum atomic E-state index is 14.6. The first kappa shape index (κ1) is 21.5. The number of anilines is 1. The predicted octanol–water partition coefficient (Wildman–Crippen LogP) is 4.45. The Labute approximate surface area is 194 Å². The quantitative estimate of drug-likeness (QED) is 0.639. The van der Waals surface area contributed by atoms with Gasteiger partial charge in [-0.1, -0.05) is 19.9 Å². The Morgan fingerprint density at radius 3 is 2.42 bits per heavy atom. The molecule has 6 heteroatoms. The molecule has 0 saturated heterocycles. The molecule has 4 aliphatic rings. The van der Waals surface area contributed by atoms with Gasteiger partial charge in [0.1, 0.15) is 22.8 Å². The average Bonchev–Trinajstić information content (AvgIpc) is 2.93. The highest BCUT2D eigenvalue weighted by molar-refractivity contribution is 6.22. The van der Waals surface area contributed by atoms with Crippen LogP contribution in [0.2, 0.25) is 0 Å². The number of hydrogen-bond donors (Lipinski definition) is 1. The first-order chi connectivity index (χ1) is 15.3. The van der Waals surface area contributed by atoms with Crippen LogP contribution in [0.3, 0.4) is 0 Å². The number of carbonyl (C=O) groups is 2. The Morgan fingerprint density at radius 1 is 1.12 bits per heavy atom. The largest absolute Gasteiger partial charge is 0.444 e. The summed E-state index contributed by atoms with van der Waals surface area (Å²) in [6.07, 6.45) is 2.82. The fraction of sp³-hybridized carbons (Fsp3) is 0.444. The van der Waals surface area contributed by atoms with E-state index < -0.39 is 11.0 Å². The van der Waals surface area contributed by atoms with Crippen molar-refractivity contribution < 1.29 is 14.3 Å². The number of benzene rings is 1. The number of nitrogens with two attached hydrogens (primary N) is 1. The number of nitriles is 1. The van der Waals surface area contributed by atoms with Gasteiger partial charge in [0.2, 0.25) is 11.8 Å². The molecule has 1 amide bonds. The van der Waals surface area contributed by atoms with E-state index >= 15 is 0 Å². The van der Waals surface area contributed by atoms with Crippen LogP contribution in [0.4, 0.5) is 5.69 Å². The lowest BCUT2D eigenvalue weighted by atomic mass is 9.61. The van der Waals surface area contributed by atoms with Crippen LogP contribution in [-0.4, -0.2) is 17.2 Å². The van der Waals surface area contributed by atoms with E-state index in [0.717, 1.165) is 28.0 Å². The Bertz CT molecular complexity index is 1330. The molecule has 0 unspecified atom stereocenters. The molecule has 5 rings (SSSR count). The third-order valence-corrected chi connectivity index (χ3v) is 7.69. The van der Waals surface area contributed by atoms with E-state index in [9.17, 15) is 14.9 Å². The van der Waals surface area contributed by atoms with Crippen LogP contribution < -0.4 is 10.6 Å². The number of rotatable bonds is 0. The zero-order chi connectivity index (χ0) is 24.2. The van der Waals surface area contributed by atoms with Crippen molar-refractivity contribution in [2.75, 3.05) is 4.90 Å². The minimum Gasteiger partial charge on any atom is -0.444 e. The number of aryl methyl sites for hydroxylation is 1. The number of carbonyl (C=O) groups excluding carboxylic acids is 2. The summed E-state index contributed by atoms with van der Waals surface area (Å²) in [5.74, 6) is -0.137. The molecule has 0 aromatic heterocycles. The van der Waals surface area contributed by atoms with Gasteiger partial charge in [-0.25, -0.2) is 0 Å². The molecule has 1 atom stereocenters. The van der Waals surface area contributed by atoms with Gasteiger partial charge in [0.25, 0.3) is 0 Å². The van der Waals surface area contributed by atoms with Crippen LogP contribution in [0, 0.1) is 30.6 Å². The molecule has 6 nitrogen and oxygen atoms in total. The minimum absolute atomic E-state index is 0.0121. The summed E-state index contributed by atoms with van der Waals surface area (Å²) < 4.78 is 5.92. The zero-order valence-electron chi connectivity index (χ0n) is 20.3. The van der Waals surface area contributed by atoms with Crippen molar-refractivity contribution in [3.8, 4) is 6.07 Å². The first-order valence-electron chi connectivity index (χ1n) is 11.3. The Morgan fingerprint density at radius 2 is 1.79 bits per heavy atom. The van der Waals surface area contributed by atoms with Crippen molar-refractivity contribution in [1.29, 1.82) is 5.26 Å². The Kier molecular flexibility index (Phi) is 4.02. The number of fused-ring (bicyclic) bond motifs is 2. The number of hydrogen-bond acceptors (Lipinski definition) is 5. The maximum absolute atomic E-state index is 14.6. The second-order valence-electron chi connectivity index (χ2n) is 11.2. The lowest BCUT2D eigenvalue weighted by molar-refractivity contribution is -0.126. The molecular formula is C27H29N3O3. The van der Waals surface area contributed by atoms with Crippen LogP contribution in [0.5, 0.6) is 0 Å². The zero-order valence-corrected chi connectivity index (χ0v) is 20.3. The van der Waals surface area contributed by atoms with Crippen LogP contribution in [0.1, 0.15) is 69.7 Å². The molecule has 33 heavy (non-hydrogen) atoms. The van der Waals surface area contributed by atoms with Gasteiger partial charge in [-0.15, -0.1) is 0 Å². The topological polar surface area (TPSA) is 96.4 Å². The predicted molar refractivity (Wildman–Crippen MR) is 126 cm³/mol. The van der Waals surface area contributed by atoms with Crippen LogP contribution in [0.15, 0.2) is 34.9 Å². The SMILES string of the molecule is CC1=CC(C)(C)N2C(=O)[C@@]3(C(C#N)=C(N)OC4=C3C(=O)CC(C)(C)C4)c3c(C)c(C)cc1c32. The lowest BCUT2D eigenvalue weighted by Crippen LogP contribution is -2.55. The van der Waals surface area contributed by atoms with Crippen LogP contribution in [-0.2, 0) is 19.7 Å². The fourth-order valence-electron chi connectivity index (χ4n) is 6.36. The van der Waals surface area contributed by atoms with Crippen LogP contribution in [0.25, 0.3) is 5.57 Å². The molecule has 3 heterocycles. The smallest absolute Gasteiger partial charge is 0.248 e. The molecule has 0 saturated carbocycles. The normalized spacial score (nSPS) is 26.7. The fourth-order valence-corrected chi connectivity index (χ4v) is 6.36. The standard InChI is InChI=1S/C27H29N3O3/c1-13-8-16-14(2)9-26(6,7)30-22(16)20(15(13)3)27(24(30)32)17(12-28)23(29)33-19-11-25(4,5)10-18(31)21(19)27/h8-9H,10-11,29H2,1-7H3/t27-/m0/s1. The number of allylic oxidation sites excluding steroid dienone is 2. The third kappa shape index (κ3) is 2.43. The van der Waals surface area contributed by atoms with Crippen molar-refractivity contribution in [2.45, 2.75) is 72.3 Å². The van der Waals surface area contributed by atoms with Gasteiger partial charge >= 0.3 is 0 Å². The van der Waals surface area contributed by atoms with Gasteiger partial charge in [0.15, 0.2) is 5.78 Å². The van der Waals surface area contributed by atoms with Crippen LogP contribution >= 0.6 is 0 Å². The molecule has 1 spiro atoms. The summed E-state index contributed by atoms with van der Waals surface area (Å²) >= 11 is 0. The maximum Gasteiger partial charge on any atom is 0.248 e. The molecule has 0 fully saturated rings. The molecular weight excluding hydrogens is 414 g/mol. The van der Waals surface area contributed by atoms with Crippen molar-refractivity contribution in [3.63, 3.8) is 0 Å². The van der Waals surface area contributed by atoms with E-state index in [2.05, 4.69) is 18.2 Å². The van der Waals surface area contributed by atoms with Crippen molar-refractivity contribution in [2.24, 2.45) is 11.1 Å². The summed E-state index contributed by atoms with van der Waals surface area (Å²) in [7, 11) is 0. The Hall–Kier alpha value is -3.33. The highest BCUT2D eigenvalue weighted by Gasteiger charge is 2.66. The molecule has 1 aromatic rings. The Balaban J connectivity index is 2.00. The van der Waals surface area contributed by atoms with E-state index in [0.29, 0.717) is 17.7 Å². The summed E-state index contributed by atoms with van der Waals surface area (Å²) in [5.41, 5.74) is 9.46. The van der Waals surface area contributed by atoms with Gasteiger partial charge in [-0.05, 0) is 62.8 Å². The van der Waals surface area contributed by atoms with Crippen molar-refractivity contribution in [3.05, 3.63) is 57.2 Å². The molecule has 2 N–H and O–H groups in total. The number of amides is 1. The molecule has 1 aromatic carbocycles. The van der Waals surface area contributed by atoms with E-state index in [4.69, 9.17) is 10.5 Å². The van der Waals surface area contributed by atoms with E-state index in [1.54, 1.807) is 4.90 Å². The van der Waals surface area contributed by atoms with Gasteiger partial charge in [0, 0.05) is 24.0 Å². The highest BCUT2D eigenvalue weighted by atomic mass is 16.5. The third-order valence-electron chi connectivity index (χ3n) is 7.69. The number of ketones is 1. The van der Waals surface area contributed by atoms with Crippen molar-refractivity contribution >= 4 is 23.0 Å². The van der Waals surface area contributed by atoms with E-state index in [-0.39, 0.29) is 40.6 Å².